The standard InChI is InChI=1S/C20H21N/c1-19(2)15-11-7-5-9-13(15)18-17(20(19,3)4)14-10-6-8-12-16(14)21-18/h5-12,21H,1-4H3. The van der Waals surface area contributed by atoms with Crippen LogP contribution in [0.4, 0.5) is 0 Å². The van der Waals surface area contributed by atoms with Gasteiger partial charge in [-0.3, -0.25) is 0 Å². The van der Waals surface area contributed by atoms with Gasteiger partial charge in [-0.15, -0.1) is 0 Å². The number of hydrogen-bond donors (Lipinski definition) is 1. The van der Waals surface area contributed by atoms with Crippen molar-refractivity contribution in [3.05, 3.63) is 59.7 Å². The second kappa shape index (κ2) is 3.79. The Labute approximate surface area is 126 Å². The van der Waals surface area contributed by atoms with Crippen molar-refractivity contribution in [2.75, 3.05) is 0 Å². The highest BCUT2D eigenvalue weighted by Gasteiger charge is 2.47. The summed E-state index contributed by atoms with van der Waals surface area (Å²) in [6, 6.07) is 17.5. The molecule has 0 bridgehead atoms. The smallest absolute Gasteiger partial charge is 0.0506 e. The van der Waals surface area contributed by atoms with Crippen LogP contribution in [0.1, 0.15) is 38.8 Å². The lowest BCUT2D eigenvalue weighted by Crippen LogP contribution is -2.43. The minimum atomic E-state index is 0.0797. The van der Waals surface area contributed by atoms with Crippen molar-refractivity contribution in [3.63, 3.8) is 0 Å². The van der Waals surface area contributed by atoms with Gasteiger partial charge in [0.2, 0.25) is 0 Å². The highest BCUT2D eigenvalue weighted by atomic mass is 14.8. The molecule has 1 aliphatic rings. The number of rotatable bonds is 0. The Balaban J connectivity index is 2.21. The van der Waals surface area contributed by atoms with Gasteiger partial charge in [0.1, 0.15) is 0 Å². The number of hydrogen-bond acceptors (Lipinski definition) is 0. The highest BCUT2D eigenvalue weighted by Crippen LogP contribution is 2.55. The van der Waals surface area contributed by atoms with Gasteiger partial charge in [-0.2, -0.15) is 0 Å². The zero-order chi connectivity index (χ0) is 14.8. The summed E-state index contributed by atoms with van der Waals surface area (Å²) in [6.07, 6.45) is 0. The summed E-state index contributed by atoms with van der Waals surface area (Å²) < 4.78 is 0. The van der Waals surface area contributed by atoms with Crippen molar-refractivity contribution in [3.8, 4) is 11.3 Å². The van der Waals surface area contributed by atoms with Gasteiger partial charge in [0.05, 0.1) is 5.69 Å². The minimum absolute atomic E-state index is 0.0797. The molecule has 0 fully saturated rings. The maximum Gasteiger partial charge on any atom is 0.0506 e. The molecule has 1 heterocycles. The fourth-order valence-electron chi connectivity index (χ4n) is 3.89. The van der Waals surface area contributed by atoms with Gasteiger partial charge < -0.3 is 4.98 Å². The Morgan fingerprint density at radius 2 is 1.43 bits per heavy atom. The van der Waals surface area contributed by atoms with Crippen molar-refractivity contribution in [1.29, 1.82) is 0 Å². The first-order valence-corrected chi connectivity index (χ1v) is 7.65. The summed E-state index contributed by atoms with van der Waals surface area (Å²) >= 11 is 0. The summed E-state index contributed by atoms with van der Waals surface area (Å²) in [6.45, 7) is 9.50. The van der Waals surface area contributed by atoms with Crippen LogP contribution >= 0.6 is 0 Å². The summed E-state index contributed by atoms with van der Waals surface area (Å²) in [5.41, 5.74) is 6.97. The summed E-state index contributed by atoms with van der Waals surface area (Å²) in [5.74, 6) is 0. The van der Waals surface area contributed by atoms with E-state index in [1.54, 1.807) is 0 Å². The molecule has 0 atom stereocenters. The predicted octanol–water partition coefficient (Wildman–Crippen LogP) is 5.40. The highest BCUT2D eigenvalue weighted by molar-refractivity contribution is 5.94. The molecule has 106 valence electrons. The van der Waals surface area contributed by atoms with Crippen LogP contribution < -0.4 is 0 Å². The molecule has 0 spiro atoms. The summed E-state index contributed by atoms with van der Waals surface area (Å²) in [4.78, 5) is 3.67. The average molecular weight is 275 g/mol. The monoisotopic (exact) mass is 275 g/mol. The van der Waals surface area contributed by atoms with E-state index >= 15 is 0 Å². The number of H-pyrrole nitrogens is 1. The molecule has 3 aromatic rings. The van der Waals surface area contributed by atoms with Crippen LogP contribution in [0.25, 0.3) is 22.2 Å². The summed E-state index contributed by atoms with van der Waals surface area (Å²) in [5, 5.41) is 1.36. The first kappa shape index (κ1) is 12.7. The third kappa shape index (κ3) is 1.41. The molecule has 0 amide bonds. The van der Waals surface area contributed by atoms with E-state index in [4.69, 9.17) is 0 Å². The van der Waals surface area contributed by atoms with E-state index in [0.29, 0.717) is 0 Å². The van der Waals surface area contributed by atoms with Crippen LogP contribution in [0.3, 0.4) is 0 Å². The molecule has 0 radical (unpaired) electrons. The molecular formula is C20H21N. The van der Waals surface area contributed by atoms with Crippen molar-refractivity contribution in [2.24, 2.45) is 0 Å². The molecular weight excluding hydrogens is 254 g/mol. The molecule has 1 nitrogen and oxygen atoms in total. The van der Waals surface area contributed by atoms with Crippen LogP contribution in [0, 0.1) is 0 Å². The van der Waals surface area contributed by atoms with E-state index < -0.39 is 0 Å². The van der Waals surface area contributed by atoms with Crippen molar-refractivity contribution in [1.82, 2.24) is 4.98 Å². The Bertz CT molecular complexity index is 849. The van der Waals surface area contributed by atoms with E-state index in [-0.39, 0.29) is 10.8 Å². The molecule has 1 aliphatic carbocycles. The van der Waals surface area contributed by atoms with Crippen LogP contribution in [0.5, 0.6) is 0 Å². The van der Waals surface area contributed by atoms with Gasteiger partial charge in [0.25, 0.3) is 0 Å². The lowest BCUT2D eigenvalue weighted by molar-refractivity contribution is 0.301. The number of aromatic nitrogens is 1. The first-order valence-electron chi connectivity index (χ1n) is 7.65. The fraction of sp³-hybridized carbons (Fsp3) is 0.300. The Hall–Kier alpha value is -2.02. The number of benzene rings is 2. The fourth-order valence-corrected chi connectivity index (χ4v) is 3.89. The molecule has 4 rings (SSSR count). The molecule has 1 N–H and O–H groups in total. The number of nitrogens with one attached hydrogen (secondary N) is 1. The van der Waals surface area contributed by atoms with Crippen molar-refractivity contribution in [2.45, 2.75) is 38.5 Å². The molecule has 0 unspecified atom stereocenters. The topological polar surface area (TPSA) is 15.8 Å². The Morgan fingerprint density at radius 1 is 0.762 bits per heavy atom. The molecule has 0 aliphatic heterocycles. The zero-order valence-corrected chi connectivity index (χ0v) is 13.1. The van der Waals surface area contributed by atoms with E-state index in [1.165, 1.54) is 33.3 Å². The van der Waals surface area contributed by atoms with Gasteiger partial charge in [0, 0.05) is 21.9 Å². The predicted molar refractivity (Wildman–Crippen MR) is 89.8 cm³/mol. The summed E-state index contributed by atoms with van der Waals surface area (Å²) in [7, 11) is 0. The van der Waals surface area contributed by atoms with Crippen LogP contribution in [-0.2, 0) is 10.8 Å². The zero-order valence-electron chi connectivity index (χ0n) is 13.1. The lowest BCUT2D eigenvalue weighted by Gasteiger charge is -2.47. The van der Waals surface area contributed by atoms with Crippen molar-refractivity contribution < 1.29 is 0 Å². The molecule has 21 heavy (non-hydrogen) atoms. The third-order valence-electron chi connectivity index (χ3n) is 5.76. The van der Waals surface area contributed by atoms with E-state index in [1.807, 2.05) is 0 Å². The average Bonchev–Trinajstić information content (AvgIpc) is 2.86. The van der Waals surface area contributed by atoms with Crippen molar-refractivity contribution >= 4 is 10.9 Å². The normalized spacial score (nSPS) is 18.3. The molecule has 0 saturated carbocycles. The van der Waals surface area contributed by atoms with Crippen LogP contribution in [0.15, 0.2) is 48.5 Å². The minimum Gasteiger partial charge on any atom is -0.354 e. The number of fused-ring (bicyclic) bond motifs is 5. The number of aromatic amines is 1. The molecule has 0 saturated heterocycles. The van der Waals surface area contributed by atoms with E-state index in [2.05, 4.69) is 81.2 Å². The van der Waals surface area contributed by atoms with Crippen LogP contribution in [-0.4, -0.2) is 4.98 Å². The van der Waals surface area contributed by atoms with Crippen LogP contribution in [0.2, 0.25) is 0 Å². The Morgan fingerprint density at radius 3 is 2.24 bits per heavy atom. The second-order valence-corrected chi connectivity index (χ2v) is 7.22. The van der Waals surface area contributed by atoms with Gasteiger partial charge in [-0.1, -0.05) is 70.2 Å². The largest absolute Gasteiger partial charge is 0.354 e. The number of para-hydroxylation sites is 1. The second-order valence-electron chi connectivity index (χ2n) is 7.22. The first-order chi connectivity index (χ1) is 9.94. The van der Waals surface area contributed by atoms with Gasteiger partial charge in [-0.05, 0) is 22.6 Å². The SMILES string of the molecule is CC1(C)c2ccccc2-c2[nH]c3ccccc3c2C1(C)C. The van der Waals surface area contributed by atoms with E-state index in [0.717, 1.165) is 0 Å². The van der Waals surface area contributed by atoms with Gasteiger partial charge >= 0.3 is 0 Å². The Kier molecular flexibility index (Phi) is 2.29. The molecule has 2 aromatic carbocycles. The van der Waals surface area contributed by atoms with E-state index in [9.17, 15) is 0 Å². The third-order valence-corrected chi connectivity index (χ3v) is 5.76. The maximum absolute atomic E-state index is 3.67. The lowest BCUT2D eigenvalue weighted by atomic mass is 9.56. The molecule has 1 aromatic heterocycles. The molecule has 1 heteroatoms. The van der Waals surface area contributed by atoms with Gasteiger partial charge in [-0.25, -0.2) is 0 Å². The van der Waals surface area contributed by atoms with Gasteiger partial charge in [0.15, 0.2) is 0 Å². The maximum atomic E-state index is 3.67. The quantitative estimate of drug-likeness (QED) is 0.565.